The van der Waals surface area contributed by atoms with Crippen molar-refractivity contribution in [3.63, 3.8) is 0 Å². The summed E-state index contributed by atoms with van der Waals surface area (Å²) < 4.78 is 78.6. The number of rotatable bonds is 1. The number of anilines is 1. The zero-order valence-electron chi connectivity index (χ0n) is 12.7. The number of aromatic nitrogens is 4. The summed E-state index contributed by atoms with van der Waals surface area (Å²) in [5.74, 6) is -0.838. The molecule has 0 saturated carbocycles. The van der Waals surface area contributed by atoms with E-state index in [1.807, 2.05) is 0 Å². The normalized spacial score (nSPS) is 12.8. The standard InChI is InChI=1S/C14H8ClF6N5/c1-5-2-7(14(19,20)21)9-10(22)26(25-11(9)24-5)12-8(15)3-6(4-23-12)13(16,17)18/h2-4H,22H2,1H3. The minimum Gasteiger partial charge on any atom is -0.383 e. The smallest absolute Gasteiger partial charge is 0.383 e. The number of nitrogen functional groups attached to an aromatic ring is 1. The van der Waals surface area contributed by atoms with Gasteiger partial charge in [0.05, 0.1) is 21.5 Å². The lowest BCUT2D eigenvalue weighted by molar-refractivity contribution is -0.138. The Bertz CT molecular complexity index is 1010. The Kier molecular flexibility index (Phi) is 4.02. The molecule has 3 rings (SSSR count). The number of nitrogens with two attached hydrogens (primary N) is 1. The van der Waals surface area contributed by atoms with Crippen molar-refractivity contribution < 1.29 is 26.3 Å². The minimum atomic E-state index is -4.73. The molecule has 0 atom stereocenters. The number of hydrogen-bond donors (Lipinski definition) is 1. The summed E-state index contributed by atoms with van der Waals surface area (Å²) in [5.41, 5.74) is 3.28. The fourth-order valence-electron chi connectivity index (χ4n) is 2.36. The van der Waals surface area contributed by atoms with E-state index in [4.69, 9.17) is 17.3 Å². The first-order valence-corrected chi connectivity index (χ1v) is 7.23. The number of nitrogens with zero attached hydrogens (tertiary/aromatic N) is 4. The van der Waals surface area contributed by atoms with E-state index < -0.39 is 39.7 Å². The van der Waals surface area contributed by atoms with Crippen LogP contribution in [0.2, 0.25) is 5.02 Å². The molecule has 0 aliphatic rings. The first kappa shape index (κ1) is 18.2. The van der Waals surface area contributed by atoms with E-state index in [1.54, 1.807) is 0 Å². The van der Waals surface area contributed by atoms with Gasteiger partial charge in [-0.15, -0.1) is 5.10 Å². The van der Waals surface area contributed by atoms with Crippen LogP contribution in [0.1, 0.15) is 16.8 Å². The highest BCUT2D eigenvalue weighted by Gasteiger charge is 2.36. The molecule has 3 aromatic heterocycles. The van der Waals surface area contributed by atoms with Gasteiger partial charge in [-0.2, -0.15) is 31.0 Å². The molecule has 0 saturated heterocycles. The van der Waals surface area contributed by atoms with Gasteiger partial charge in [0.15, 0.2) is 11.5 Å². The van der Waals surface area contributed by atoms with Gasteiger partial charge < -0.3 is 5.73 Å². The summed E-state index contributed by atoms with van der Waals surface area (Å²) >= 11 is 5.81. The average Bonchev–Trinajstić information content (AvgIpc) is 2.81. The maximum Gasteiger partial charge on any atom is 0.417 e. The van der Waals surface area contributed by atoms with Gasteiger partial charge >= 0.3 is 12.4 Å². The van der Waals surface area contributed by atoms with Crippen LogP contribution in [0.15, 0.2) is 18.3 Å². The highest BCUT2D eigenvalue weighted by Crippen LogP contribution is 2.39. The lowest BCUT2D eigenvalue weighted by atomic mass is 10.1. The van der Waals surface area contributed by atoms with Crippen LogP contribution in [0.25, 0.3) is 16.9 Å². The molecule has 5 nitrogen and oxygen atoms in total. The summed E-state index contributed by atoms with van der Waals surface area (Å²) in [4.78, 5) is 7.43. The molecule has 0 fully saturated rings. The highest BCUT2D eigenvalue weighted by molar-refractivity contribution is 6.32. The molecule has 0 spiro atoms. The van der Waals surface area contributed by atoms with Crippen LogP contribution in [0, 0.1) is 6.92 Å². The molecule has 3 heterocycles. The van der Waals surface area contributed by atoms with Crippen molar-refractivity contribution in [3.8, 4) is 5.82 Å². The number of pyridine rings is 2. The second kappa shape index (κ2) is 5.73. The minimum absolute atomic E-state index is 0.0425. The molecule has 0 aliphatic heterocycles. The predicted molar refractivity (Wildman–Crippen MR) is 80.8 cm³/mol. The monoisotopic (exact) mass is 395 g/mol. The highest BCUT2D eigenvalue weighted by atomic mass is 35.5. The first-order chi connectivity index (χ1) is 11.9. The Morgan fingerprint density at radius 2 is 1.73 bits per heavy atom. The van der Waals surface area contributed by atoms with E-state index in [-0.39, 0.29) is 17.2 Å². The second-order valence-corrected chi connectivity index (χ2v) is 5.74. The van der Waals surface area contributed by atoms with Crippen LogP contribution in [0.4, 0.5) is 32.2 Å². The van der Waals surface area contributed by atoms with Gasteiger partial charge in [-0.05, 0) is 19.1 Å². The van der Waals surface area contributed by atoms with Crippen molar-refractivity contribution in [3.05, 3.63) is 40.2 Å². The lowest BCUT2D eigenvalue weighted by Gasteiger charge is -2.10. The van der Waals surface area contributed by atoms with E-state index in [2.05, 4.69) is 15.1 Å². The van der Waals surface area contributed by atoms with Gasteiger partial charge in [-0.1, -0.05) is 11.6 Å². The zero-order valence-corrected chi connectivity index (χ0v) is 13.5. The van der Waals surface area contributed by atoms with Crippen LogP contribution < -0.4 is 5.73 Å². The Labute approximate surface area is 146 Å². The third-order valence-corrected chi connectivity index (χ3v) is 3.74. The van der Waals surface area contributed by atoms with Crippen LogP contribution in [-0.2, 0) is 12.4 Å². The van der Waals surface area contributed by atoms with E-state index in [0.717, 1.165) is 10.7 Å². The molecular formula is C14H8ClF6N5. The zero-order chi connectivity index (χ0) is 19.4. The van der Waals surface area contributed by atoms with Crippen LogP contribution >= 0.6 is 11.6 Å². The van der Waals surface area contributed by atoms with Crippen LogP contribution in [0.5, 0.6) is 0 Å². The molecule has 0 unspecified atom stereocenters. The maximum atomic E-state index is 13.3. The molecule has 3 aromatic rings. The van der Waals surface area contributed by atoms with Crippen LogP contribution in [-0.4, -0.2) is 19.7 Å². The fraction of sp³-hybridized carbons (Fsp3) is 0.214. The van der Waals surface area contributed by atoms with Crippen molar-refractivity contribution in [1.82, 2.24) is 19.7 Å². The quantitative estimate of drug-likeness (QED) is 0.620. The molecule has 0 aliphatic carbocycles. The van der Waals surface area contributed by atoms with E-state index >= 15 is 0 Å². The summed E-state index contributed by atoms with van der Waals surface area (Å²) in [6.07, 6.45) is -8.93. The van der Waals surface area contributed by atoms with Gasteiger partial charge in [0.1, 0.15) is 5.82 Å². The largest absolute Gasteiger partial charge is 0.417 e. The summed E-state index contributed by atoms with van der Waals surface area (Å²) in [6.45, 7) is 1.34. The Morgan fingerprint density at radius 3 is 2.27 bits per heavy atom. The van der Waals surface area contributed by atoms with Crippen molar-refractivity contribution >= 4 is 28.5 Å². The van der Waals surface area contributed by atoms with E-state index in [9.17, 15) is 26.3 Å². The number of halogens is 7. The summed E-state index contributed by atoms with van der Waals surface area (Å²) in [6, 6.07) is 1.38. The van der Waals surface area contributed by atoms with Crippen molar-refractivity contribution in [2.45, 2.75) is 19.3 Å². The molecule has 12 heteroatoms. The number of alkyl halides is 6. The lowest BCUT2D eigenvalue weighted by Crippen LogP contribution is -2.10. The molecule has 2 N–H and O–H groups in total. The first-order valence-electron chi connectivity index (χ1n) is 6.85. The Hall–Kier alpha value is -2.56. The molecule has 0 amide bonds. The fourth-order valence-corrected chi connectivity index (χ4v) is 2.61. The molecule has 0 bridgehead atoms. The van der Waals surface area contributed by atoms with E-state index in [1.165, 1.54) is 6.92 Å². The second-order valence-electron chi connectivity index (χ2n) is 5.33. The van der Waals surface area contributed by atoms with Gasteiger partial charge in [0, 0.05) is 11.9 Å². The van der Waals surface area contributed by atoms with Gasteiger partial charge in [0.2, 0.25) is 0 Å². The summed E-state index contributed by atoms with van der Waals surface area (Å²) in [5, 5.41) is 2.86. The Balaban J connectivity index is 2.26. The van der Waals surface area contributed by atoms with Crippen LogP contribution in [0.3, 0.4) is 0 Å². The number of fused-ring (bicyclic) bond motifs is 1. The van der Waals surface area contributed by atoms with Crippen molar-refractivity contribution in [2.75, 3.05) is 5.73 Å². The van der Waals surface area contributed by atoms with Crippen molar-refractivity contribution in [2.24, 2.45) is 0 Å². The average molecular weight is 396 g/mol. The molecule has 0 radical (unpaired) electrons. The molecule has 138 valence electrons. The maximum absolute atomic E-state index is 13.3. The van der Waals surface area contributed by atoms with Gasteiger partial charge in [0.25, 0.3) is 0 Å². The van der Waals surface area contributed by atoms with E-state index in [0.29, 0.717) is 12.3 Å². The molecular weight excluding hydrogens is 388 g/mol. The molecule has 26 heavy (non-hydrogen) atoms. The predicted octanol–water partition coefficient (Wildman–Crippen LogP) is 4.40. The van der Waals surface area contributed by atoms with Gasteiger partial charge in [-0.3, -0.25) is 0 Å². The summed E-state index contributed by atoms with van der Waals surface area (Å²) in [7, 11) is 0. The third kappa shape index (κ3) is 3.02. The Morgan fingerprint density at radius 1 is 1.08 bits per heavy atom. The third-order valence-electron chi connectivity index (χ3n) is 3.46. The topological polar surface area (TPSA) is 69.6 Å². The van der Waals surface area contributed by atoms with Gasteiger partial charge in [-0.25, -0.2) is 9.97 Å². The number of aryl methyl sites for hydroxylation is 1. The molecule has 0 aromatic carbocycles. The van der Waals surface area contributed by atoms with Crippen molar-refractivity contribution in [1.29, 1.82) is 0 Å². The SMILES string of the molecule is Cc1cc(C(F)(F)F)c2c(N)n(-c3ncc(C(F)(F)F)cc3Cl)nc2n1. The number of hydrogen-bond acceptors (Lipinski definition) is 4.